The predicted molar refractivity (Wildman–Crippen MR) is 129 cm³/mol. The smallest absolute Gasteiger partial charge is 0.309 e. The van der Waals surface area contributed by atoms with Gasteiger partial charge in [-0.2, -0.15) is 0 Å². The van der Waals surface area contributed by atoms with Crippen molar-refractivity contribution in [1.82, 2.24) is 4.98 Å². The zero-order valence-electron chi connectivity index (χ0n) is 20.0. The molecule has 0 spiro atoms. The topological polar surface area (TPSA) is 61.6 Å². The largest absolute Gasteiger partial charge is 0.493 e. The summed E-state index contributed by atoms with van der Waals surface area (Å²) in [6, 6.07) is 16.3. The summed E-state index contributed by atoms with van der Waals surface area (Å²) in [6.07, 6.45) is 3.41. The third kappa shape index (κ3) is 4.97. The van der Waals surface area contributed by atoms with Gasteiger partial charge in [0.2, 0.25) is 5.89 Å². The van der Waals surface area contributed by atoms with Crippen LogP contribution in [0.3, 0.4) is 0 Å². The van der Waals surface area contributed by atoms with Gasteiger partial charge in [0.25, 0.3) is 0 Å². The van der Waals surface area contributed by atoms with E-state index in [1.54, 1.807) is 0 Å². The Labute approximate surface area is 196 Å². The Hall–Kier alpha value is -3.08. The average Bonchev–Trinajstić information content (AvgIpc) is 3.45. The van der Waals surface area contributed by atoms with Crippen LogP contribution in [0.1, 0.15) is 68.0 Å². The highest BCUT2D eigenvalue weighted by Gasteiger charge is 2.34. The van der Waals surface area contributed by atoms with Gasteiger partial charge in [0, 0.05) is 17.9 Å². The maximum atomic E-state index is 12.2. The summed E-state index contributed by atoms with van der Waals surface area (Å²) >= 11 is 0. The van der Waals surface area contributed by atoms with Gasteiger partial charge in [-0.15, -0.1) is 0 Å². The Morgan fingerprint density at radius 1 is 1.18 bits per heavy atom. The molecule has 1 aliphatic carbocycles. The van der Waals surface area contributed by atoms with Gasteiger partial charge in [0.1, 0.15) is 11.5 Å². The molecule has 33 heavy (non-hydrogen) atoms. The average molecular weight is 448 g/mol. The van der Waals surface area contributed by atoms with E-state index in [1.807, 2.05) is 36.4 Å². The number of rotatable bonds is 9. The molecule has 2 atom stereocenters. The minimum atomic E-state index is -0.112. The quantitative estimate of drug-likeness (QED) is 0.359. The van der Waals surface area contributed by atoms with Crippen molar-refractivity contribution in [1.29, 1.82) is 0 Å². The maximum absolute atomic E-state index is 12.2. The number of carbonyl (C=O) groups is 1. The zero-order valence-corrected chi connectivity index (χ0v) is 20.0. The van der Waals surface area contributed by atoms with E-state index in [0.29, 0.717) is 18.9 Å². The number of hydrogen-bond donors (Lipinski definition) is 0. The number of aromatic nitrogens is 1. The molecular weight excluding hydrogens is 414 g/mol. The third-order valence-corrected chi connectivity index (χ3v) is 6.55. The first-order valence-electron chi connectivity index (χ1n) is 11.9. The van der Waals surface area contributed by atoms with Gasteiger partial charge < -0.3 is 13.9 Å². The second kappa shape index (κ2) is 10.2. The maximum Gasteiger partial charge on any atom is 0.309 e. The van der Waals surface area contributed by atoms with Crippen LogP contribution < -0.4 is 4.74 Å². The molecule has 2 aromatic carbocycles. The molecule has 0 bridgehead atoms. The SMILES string of the molecule is CCC(C(=O)OC)C1CCc2cc(OCCc3nc(-c4ccccc4)oc3C(C)C)ccc21. The molecule has 1 aliphatic rings. The van der Waals surface area contributed by atoms with E-state index in [-0.39, 0.29) is 23.7 Å². The predicted octanol–water partition coefficient (Wildman–Crippen LogP) is 6.32. The summed E-state index contributed by atoms with van der Waals surface area (Å²) in [6.45, 7) is 6.82. The molecule has 1 heterocycles. The molecule has 2 unspecified atom stereocenters. The highest BCUT2D eigenvalue weighted by Crippen LogP contribution is 2.41. The van der Waals surface area contributed by atoms with Crippen LogP contribution in [0, 0.1) is 5.92 Å². The lowest BCUT2D eigenvalue weighted by atomic mass is 9.85. The van der Waals surface area contributed by atoms with Crippen molar-refractivity contribution in [3.63, 3.8) is 0 Å². The molecule has 174 valence electrons. The normalized spacial score (nSPS) is 16.0. The molecule has 4 rings (SSSR count). The molecule has 0 fully saturated rings. The number of ether oxygens (including phenoxy) is 2. The number of hydrogen-bond acceptors (Lipinski definition) is 5. The fourth-order valence-electron chi connectivity index (χ4n) is 4.86. The van der Waals surface area contributed by atoms with Crippen molar-refractivity contribution in [3.8, 4) is 17.2 Å². The van der Waals surface area contributed by atoms with Crippen LogP contribution in [0.2, 0.25) is 0 Å². The monoisotopic (exact) mass is 447 g/mol. The zero-order chi connectivity index (χ0) is 23.4. The molecule has 1 aromatic heterocycles. The van der Waals surface area contributed by atoms with Crippen molar-refractivity contribution >= 4 is 5.97 Å². The van der Waals surface area contributed by atoms with Crippen molar-refractivity contribution < 1.29 is 18.7 Å². The number of fused-ring (bicyclic) bond motifs is 1. The number of oxazole rings is 1. The Morgan fingerprint density at radius 2 is 1.97 bits per heavy atom. The van der Waals surface area contributed by atoms with Gasteiger partial charge in [-0.25, -0.2) is 4.98 Å². The van der Waals surface area contributed by atoms with E-state index in [1.165, 1.54) is 18.2 Å². The molecule has 5 heteroatoms. The first-order valence-corrected chi connectivity index (χ1v) is 11.9. The van der Waals surface area contributed by atoms with Crippen LogP contribution in [0.5, 0.6) is 5.75 Å². The van der Waals surface area contributed by atoms with Crippen molar-refractivity contribution in [3.05, 3.63) is 71.1 Å². The summed E-state index contributed by atoms with van der Waals surface area (Å²) in [5, 5.41) is 0. The van der Waals surface area contributed by atoms with E-state index in [9.17, 15) is 4.79 Å². The first kappa shape index (κ1) is 23.1. The fourth-order valence-corrected chi connectivity index (χ4v) is 4.86. The summed E-state index contributed by atoms with van der Waals surface area (Å²) < 4.78 is 17.2. The highest BCUT2D eigenvalue weighted by atomic mass is 16.5. The third-order valence-electron chi connectivity index (χ3n) is 6.55. The Kier molecular flexibility index (Phi) is 7.17. The van der Waals surface area contributed by atoms with E-state index < -0.39 is 0 Å². The Balaban J connectivity index is 1.43. The molecule has 0 saturated heterocycles. The lowest BCUT2D eigenvalue weighted by Gasteiger charge is -2.21. The Morgan fingerprint density at radius 3 is 2.67 bits per heavy atom. The molecule has 0 saturated carbocycles. The summed E-state index contributed by atoms with van der Waals surface area (Å²) in [4.78, 5) is 17.0. The summed E-state index contributed by atoms with van der Waals surface area (Å²) in [5.74, 6) is 2.73. The summed E-state index contributed by atoms with van der Waals surface area (Å²) in [7, 11) is 1.47. The fraction of sp³-hybridized carbons (Fsp3) is 0.429. The number of esters is 1. The van der Waals surface area contributed by atoms with Crippen molar-refractivity contribution in [2.45, 2.75) is 58.3 Å². The first-order chi connectivity index (χ1) is 16.0. The van der Waals surface area contributed by atoms with Crippen LogP contribution in [0.15, 0.2) is 52.9 Å². The number of benzene rings is 2. The van der Waals surface area contributed by atoms with E-state index >= 15 is 0 Å². The van der Waals surface area contributed by atoms with Crippen LogP contribution in [0.25, 0.3) is 11.5 Å². The standard InChI is InChI=1S/C28H33NO4/c1-5-22(28(30)31-4)24-13-11-20-17-21(12-14-23(20)24)32-16-15-25-26(18(2)3)33-27(29-25)19-9-7-6-8-10-19/h6-10,12,14,17-18,22,24H,5,11,13,15-16H2,1-4H3. The van der Waals surface area contributed by atoms with Gasteiger partial charge >= 0.3 is 5.97 Å². The van der Waals surface area contributed by atoms with Gasteiger partial charge in [0.05, 0.1) is 25.3 Å². The van der Waals surface area contributed by atoms with Crippen molar-refractivity contribution in [2.24, 2.45) is 5.92 Å². The van der Waals surface area contributed by atoms with Crippen LogP contribution >= 0.6 is 0 Å². The van der Waals surface area contributed by atoms with Crippen LogP contribution in [-0.4, -0.2) is 24.7 Å². The van der Waals surface area contributed by atoms with Crippen molar-refractivity contribution in [2.75, 3.05) is 13.7 Å². The van der Waals surface area contributed by atoms with Gasteiger partial charge in [-0.3, -0.25) is 4.79 Å². The van der Waals surface area contributed by atoms with E-state index in [0.717, 1.165) is 42.0 Å². The number of aryl methyl sites for hydroxylation is 1. The lowest BCUT2D eigenvalue weighted by molar-refractivity contribution is -0.146. The summed E-state index contributed by atoms with van der Waals surface area (Å²) in [5.41, 5.74) is 4.47. The van der Waals surface area contributed by atoms with Crippen LogP contribution in [-0.2, 0) is 22.4 Å². The number of nitrogens with zero attached hydrogens (tertiary/aromatic N) is 1. The van der Waals surface area contributed by atoms with E-state index in [4.69, 9.17) is 18.9 Å². The molecule has 0 amide bonds. The van der Waals surface area contributed by atoms with Gasteiger partial charge in [-0.05, 0) is 60.6 Å². The lowest BCUT2D eigenvalue weighted by Crippen LogP contribution is -2.21. The second-order valence-electron chi connectivity index (χ2n) is 8.99. The molecular formula is C28H33NO4. The van der Waals surface area contributed by atoms with Gasteiger partial charge in [0.15, 0.2) is 0 Å². The van der Waals surface area contributed by atoms with Gasteiger partial charge in [-0.1, -0.05) is 45.0 Å². The highest BCUT2D eigenvalue weighted by molar-refractivity contribution is 5.74. The van der Waals surface area contributed by atoms with E-state index in [2.05, 4.69) is 32.9 Å². The molecule has 0 aliphatic heterocycles. The number of methoxy groups -OCH3 is 1. The molecule has 5 nitrogen and oxygen atoms in total. The second-order valence-corrected chi connectivity index (χ2v) is 8.99. The van der Waals surface area contributed by atoms with Crippen LogP contribution in [0.4, 0.5) is 0 Å². The minimum absolute atomic E-state index is 0.0801. The minimum Gasteiger partial charge on any atom is -0.493 e. The molecule has 0 N–H and O–H groups in total. The molecule has 3 aromatic rings. The molecule has 0 radical (unpaired) electrons. The Bertz CT molecular complexity index is 1090. The number of carbonyl (C=O) groups excluding carboxylic acids is 1.